The van der Waals surface area contributed by atoms with Gasteiger partial charge >= 0.3 is 0 Å². The molecule has 4 fully saturated rings. The van der Waals surface area contributed by atoms with E-state index in [0.29, 0.717) is 10.8 Å². The second-order valence-electron chi connectivity index (χ2n) is 16.8. The van der Waals surface area contributed by atoms with Crippen molar-refractivity contribution in [2.24, 2.45) is 52.3 Å². The first-order chi connectivity index (χ1) is 23.1. The summed E-state index contributed by atoms with van der Waals surface area (Å²) < 4.78 is 0. The summed E-state index contributed by atoms with van der Waals surface area (Å²) >= 11 is 0. The Balaban J connectivity index is 0.00000102. The van der Waals surface area contributed by atoms with Gasteiger partial charge < -0.3 is 0 Å². The molecule has 0 amide bonds. The Hall–Kier alpha value is -0.780. The van der Waals surface area contributed by atoms with E-state index in [2.05, 4.69) is 80.9 Å². The molecule has 0 heterocycles. The van der Waals surface area contributed by atoms with Gasteiger partial charge in [-0.2, -0.15) is 0 Å². The molecule has 0 bridgehead atoms. The average molecular weight is 668 g/mol. The molecule has 4 saturated carbocycles. The summed E-state index contributed by atoms with van der Waals surface area (Å²) in [5.41, 5.74) is 8.10. The van der Waals surface area contributed by atoms with Crippen molar-refractivity contribution in [2.75, 3.05) is 0 Å². The van der Waals surface area contributed by atoms with Gasteiger partial charge in [-0.1, -0.05) is 163 Å². The second-order valence-corrected chi connectivity index (χ2v) is 16.8. The van der Waals surface area contributed by atoms with E-state index in [1.54, 1.807) is 16.7 Å². The van der Waals surface area contributed by atoms with Crippen LogP contribution in [0.2, 0.25) is 0 Å². The Bertz CT molecular complexity index is 960. The lowest BCUT2D eigenvalue weighted by Crippen LogP contribution is -2.50. The van der Waals surface area contributed by atoms with Crippen LogP contribution >= 0.6 is 0 Å². The van der Waals surface area contributed by atoms with E-state index < -0.39 is 0 Å². The smallest absolute Gasteiger partial charge is 0.00833 e. The van der Waals surface area contributed by atoms with Crippen molar-refractivity contribution in [2.45, 2.75) is 213 Å². The Morgan fingerprint density at radius 3 is 2.00 bits per heavy atom. The maximum absolute atomic E-state index is 2.77. The molecule has 1 radical (unpaired) electrons. The van der Waals surface area contributed by atoms with Gasteiger partial charge in [-0.3, -0.25) is 0 Å². The molecule has 6 aliphatic carbocycles. The number of hydrogen-bond acceptors (Lipinski definition) is 0. The van der Waals surface area contributed by atoms with Crippen LogP contribution in [0.25, 0.3) is 0 Å². The molecule has 0 aliphatic heterocycles. The third kappa shape index (κ3) is 11.6. The van der Waals surface area contributed by atoms with Crippen molar-refractivity contribution in [1.29, 1.82) is 0 Å². The topological polar surface area (TPSA) is 0 Å². The zero-order valence-corrected chi connectivity index (χ0v) is 35.8. The van der Waals surface area contributed by atoms with Crippen LogP contribution in [0.1, 0.15) is 214 Å². The van der Waals surface area contributed by atoms with Crippen LogP contribution in [0.15, 0.2) is 34.4 Å². The molecular weight excluding hydrogens is 577 g/mol. The Kier molecular flexibility index (Phi) is 21.6. The molecule has 283 valence electrons. The highest BCUT2D eigenvalue weighted by Gasteiger charge is 2.59. The summed E-state index contributed by atoms with van der Waals surface area (Å²) in [6, 6.07) is 0. The molecular formula is C48H91. The average Bonchev–Trinajstić information content (AvgIpc) is 3.84. The summed E-state index contributed by atoms with van der Waals surface area (Å²) in [5.74, 6) is 6.60. The molecule has 2 unspecified atom stereocenters. The molecule has 0 aromatic rings. The monoisotopic (exact) mass is 668 g/mol. The predicted octanol–water partition coefficient (Wildman–Crippen LogP) is 16.8. The first kappa shape index (κ1) is 45.2. The van der Waals surface area contributed by atoms with Crippen LogP contribution in [-0.2, 0) is 0 Å². The van der Waals surface area contributed by atoms with Crippen LogP contribution in [0.3, 0.4) is 0 Å². The molecule has 48 heavy (non-hydrogen) atoms. The molecule has 0 spiro atoms. The molecule has 0 nitrogen and oxygen atoms in total. The maximum Gasteiger partial charge on any atom is 0.00833 e. The molecule has 6 aliphatic rings. The van der Waals surface area contributed by atoms with E-state index in [9.17, 15) is 0 Å². The van der Waals surface area contributed by atoms with E-state index in [1.807, 2.05) is 47.1 Å². The van der Waals surface area contributed by atoms with E-state index in [4.69, 9.17) is 0 Å². The predicted molar refractivity (Wildman–Crippen MR) is 223 cm³/mol. The van der Waals surface area contributed by atoms with Crippen molar-refractivity contribution >= 4 is 0 Å². The summed E-state index contributed by atoms with van der Waals surface area (Å²) in [5, 5.41) is 0. The summed E-state index contributed by atoms with van der Waals surface area (Å²) in [6.07, 6.45) is 31.7. The lowest BCUT2D eigenvalue weighted by Gasteiger charge is -2.58. The SMILES string of the molecule is CC.CC.CC.CC(C)CCC[C@@H](C)[C@H]1CCC2[C@@H]3CC=C4C[C@@H](C5=C[CH]5)CC[C@]4(C)C3CC[C@@]21C.CCC.CCCC(C)=C1CCC1.[HH]. The minimum atomic E-state index is 0. The molecule has 0 saturated heterocycles. The molecule has 0 aromatic heterocycles. The number of rotatable bonds is 8. The van der Waals surface area contributed by atoms with Crippen LogP contribution in [0.5, 0.6) is 0 Å². The molecule has 0 aromatic carbocycles. The highest BCUT2D eigenvalue weighted by molar-refractivity contribution is 5.43. The minimum absolute atomic E-state index is 0. The highest BCUT2D eigenvalue weighted by atomic mass is 14.6. The van der Waals surface area contributed by atoms with E-state index in [0.717, 1.165) is 41.4 Å². The van der Waals surface area contributed by atoms with Gasteiger partial charge in [0.15, 0.2) is 0 Å². The normalized spacial score (nSPS) is 32.7. The van der Waals surface area contributed by atoms with Gasteiger partial charge in [-0.25, -0.2) is 0 Å². The zero-order chi connectivity index (χ0) is 36.5. The second kappa shape index (κ2) is 22.9. The lowest BCUT2D eigenvalue weighted by atomic mass is 9.46. The van der Waals surface area contributed by atoms with Gasteiger partial charge in [-0.15, -0.1) is 0 Å². The van der Waals surface area contributed by atoms with Gasteiger partial charge in [0.1, 0.15) is 0 Å². The first-order valence-corrected chi connectivity index (χ1v) is 22.0. The largest absolute Gasteiger partial charge is 0.0845 e. The van der Waals surface area contributed by atoms with E-state index in [-0.39, 0.29) is 1.43 Å². The highest BCUT2D eigenvalue weighted by Crippen LogP contribution is 2.68. The van der Waals surface area contributed by atoms with Crippen LogP contribution < -0.4 is 0 Å². The van der Waals surface area contributed by atoms with E-state index in [1.165, 1.54) is 109 Å². The van der Waals surface area contributed by atoms with Crippen molar-refractivity contribution < 1.29 is 1.43 Å². The van der Waals surface area contributed by atoms with Gasteiger partial charge in [0.05, 0.1) is 0 Å². The lowest BCUT2D eigenvalue weighted by molar-refractivity contribution is -0.0517. The van der Waals surface area contributed by atoms with Gasteiger partial charge in [0.2, 0.25) is 0 Å². The maximum atomic E-state index is 2.77. The van der Waals surface area contributed by atoms with Crippen LogP contribution in [-0.4, -0.2) is 0 Å². The van der Waals surface area contributed by atoms with Gasteiger partial charge in [0.25, 0.3) is 0 Å². The molecule has 0 N–H and O–H groups in total. The standard InChI is InChI=1S/C30H47.C9H16.C3H8.3C2H6.H2/c1-20(2)7-6-8-21(3)26-13-14-27-25-12-11-24-19-23(22-9-10-22)15-17-29(24,4)28(25)16-18-30(26,27)5;1-3-5-8(2)9-6-4-7-9;1-3-2;3*1-2;/h9-11,20-21,23,25-28H,6-8,12-19H2,1-5H3;3-7H2,1-2H3;3H2,1-2H3;3*1-2H3;1H/t21-,23+,25+,26-,27?,28?,29+,30-;;;;;;/m1....../s1. The van der Waals surface area contributed by atoms with Crippen molar-refractivity contribution in [1.82, 2.24) is 0 Å². The number of fused-ring (bicyclic) bond motifs is 5. The number of hydrogen-bond donors (Lipinski definition) is 0. The minimum Gasteiger partial charge on any atom is -0.0845 e. The van der Waals surface area contributed by atoms with Gasteiger partial charge in [0, 0.05) is 7.85 Å². The molecule has 0 heteroatoms. The zero-order valence-electron chi connectivity index (χ0n) is 35.8. The Labute approximate surface area is 306 Å². The third-order valence-corrected chi connectivity index (χ3v) is 13.3. The Morgan fingerprint density at radius 2 is 1.48 bits per heavy atom. The summed E-state index contributed by atoms with van der Waals surface area (Å²) in [4.78, 5) is 0. The quantitative estimate of drug-likeness (QED) is 0.226. The number of allylic oxidation sites excluding steroid dienone is 6. The summed E-state index contributed by atoms with van der Waals surface area (Å²) in [6.45, 7) is 33.6. The fraction of sp³-hybridized carbons (Fsp3) is 0.854. The van der Waals surface area contributed by atoms with Gasteiger partial charge in [-0.05, 0) is 136 Å². The molecule has 6 rings (SSSR count). The fourth-order valence-corrected chi connectivity index (χ4v) is 10.6. The van der Waals surface area contributed by atoms with Crippen LogP contribution in [0, 0.1) is 58.7 Å². The van der Waals surface area contributed by atoms with Crippen LogP contribution in [0.4, 0.5) is 0 Å². The first-order valence-electron chi connectivity index (χ1n) is 22.0. The summed E-state index contributed by atoms with van der Waals surface area (Å²) in [7, 11) is 0. The van der Waals surface area contributed by atoms with Crippen molar-refractivity contribution in [3.63, 3.8) is 0 Å². The molecule has 8 atom stereocenters. The Morgan fingerprint density at radius 1 is 0.854 bits per heavy atom. The van der Waals surface area contributed by atoms with E-state index >= 15 is 0 Å². The third-order valence-electron chi connectivity index (χ3n) is 13.3. The van der Waals surface area contributed by atoms with Crippen molar-refractivity contribution in [3.8, 4) is 0 Å². The van der Waals surface area contributed by atoms with Crippen molar-refractivity contribution in [3.05, 3.63) is 40.9 Å². The fourth-order valence-electron chi connectivity index (χ4n) is 10.6.